The Hall–Kier alpha value is -1.00. The second-order valence-electron chi connectivity index (χ2n) is 5.77. The van der Waals surface area contributed by atoms with E-state index in [-0.39, 0.29) is 16.3 Å². The van der Waals surface area contributed by atoms with E-state index in [1.807, 2.05) is 0 Å². The van der Waals surface area contributed by atoms with Crippen LogP contribution in [0.2, 0.25) is 0 Å². The van der Waals surface area contributed by atoms with Crippen LogP contribution in [-0.2, 0) is 20.0 Å². The molecule has 1 aliphatic carbocycles. The van der Waals surface area contributed by atoms with Crippen molar-refractivity contribution in [1.29, 1.82) is 0 Å². The number of hydrogen-bond acceptors (Lipinski definition) is 5. The topological polar surface area (TPSA) is 132 Å². The van der Waals surface area contributed by atoms with Gasteiger partial charge in [0.2, 0.25) is 20.0 Å². The van der Waals surface area contributed by atoms with Crippen LogP contribution in [0.5, 0.6) is 0 Å². The van der Waals surface area contributed by atoms with Crippen molar-refractivity contribution < 1.29 is 16.8 Å². The van der Waals surface area contributed by atoms with Gasteiger partial charge in [0.1, 0.15) is 0 Å². The Labute approximate surface area is 131 Å². The van der Waals surface area contributed by atoms with Gasteiger partial charge in [-0.15, -0.1) is 0 Å². The molecule has 0 saturated heterocycles. The van der Waals surface area contributed by atoms with E-state index in [4.69, 9.17) is 10.9 Å². The first kappa shape index (κ1) is 17.4. The van der Waals surface area contributed by atoms with Crippen molar-refractivity contribution >= 4 is 20.0 Å². The third kappa shape index (κ3) is 4.26. The molecule has 0 spiro atoms. The summed E-state index contributed by atoms with van der Waals surface area (Å²) in [4.78, 5) is -0.381. The van der Waals surface area contributed by atoms with E-state index in [1.54, 1.807) is 0 Å². The Bertz CT molecular complexity index is 738. The minimum absolute atomic E-state index is 0.134. The molecule has 0 radical (unpaired) electrons. The van der Waals surface area contributed by atoms with Gasteiger partial charge in [-0.25, -0.2) is 26.7 Å². The SMILES string of the molecule is NC1(CNS(=O)(=O)c2cccc(S(N)(=O)=O)c2)CCCCC1. The van der Waals surface area contributed by atoms with Gasteiger partial charge in [0.05, 0.1) is 9.79 Å². The normalized spacial score (nSPS) is 19.0. The van der Waals surface area contributed by atoms with Crippen LogP contribution < -0.4 is 15.6 Å². The molecule has 1 saturated carbocycles. The van der Waals surface area contributed by atoms with E-state index in [2.05, 4.69) is 4.72 Å². The summed E-state index contributed by atoms with van der Waals surface area (Å²) in [5.74, 6) is 0. The van der Waals surface area contributed by atoms with E-state index < -0.39 is 25.6 Å². The van der Waals surface area contributed by atoms with Crippen LogP contribution in [0, 0.1) is 0 Å². The highest BCUT2D eigenvalue weighted by atomic mass is 32.2. The lowest BCUT2D eigenvalue weighted by molar-refractivity contribution is 0.296. The monoisotopic (exact) mass is 347 g/mol. The summed E-state index contributed by atoms with van der Waals surface area (Å²) >= 11 is 0. The number of sulfonamides is 2. The Morgan fingerprint density at radius 3 is 2.23 bits per heavy atom. The third-order valence-corrected chi connectivity index (χ3v) is 6.22. The van der Waals surface area contributed by atoms with E-state index >= 15 is 0 Å². The molecule has 5 N–H and O–H groups in total. The van der Waals surface area contributed by atoms with Crippen LogP contribution in [0.15, 0.2) is 34.1 Å². The van der Waals surface area contributed by atoms with Crippen molar-refractivity contribution in [1.82, 2.24) is 4.72 Å². The second kappa shape index (κ2) is 6.25. The van der Waals surface area contributed by atoms with Crippen molar-refractivity contribution in [3.63, 3.8) is 0 Å². The highest BCUT2D eigenvalue weighted by Gasteiger charge is 2.29. The van der Waals surface area contributed by atoms with Gasteiger partial charge in [-0.2, -0.15) is 0 Å². The average molecular weight is 347 g/mol. The quantitative estimate of drug-likeness (QED) is 0.703. The molecule has 1 aromatic carbocycles. The average Bonchev–Trinajstić information content (AvgIpc) is 2.46. The highest BCUT2D eigenvalue weighted by molar-refractivity contribution is 7.90. The maximum absolute atomic E-state index is 12.3. The molecule has 0 amide bonds. The molecule has 7 nitrogen and oxygen atoms in total. The van der Waals surface area contributed by atoms with Gasteiger partial charge in [0.15, 0.2) is 0 Å². The predicted molar refractivity (Wildman–Crippen MR) is 83.0 cm³/mol. The first-order valence-electron chi connectivity index (χ1n) is 7.04. The highest BCUT2D eigenvalue weighted by Crippen LogP contribution is 2.25. The van der Waals surface area contributed by atoms with Gasteiger partial charge in [-0.3, -0.25) is 0 Å². The fourth-order valence-electron chi connectivity index (χ4n) is 2.57. The summed E-state index contributed by atoms with van der Waals surface area (Å²) in [6.07, 6.45) is 4.62. The van der Waals surface area contributed by atoms with Gasteiger partial charge in [-0.05, 0) is 31.0 Å². The Morgan fingerprint density at radius 2 is 1.64 bits per heavy atom. The lowest BCUT2D eigenvalue weighted by Crippen LogP contribution is -2.51. The van der Waals surface area contributed by atoms with Crippen molar-refractivity contribution in [2.75, 3.05) is 6.54 Å². The Balaban J connectivity index is 2.17. The van der Waals surface area contributed by atoms with E-state index in [9.17, 15) is 16.8 Å². The molecule has 124 valence electrons. The molecule has 1 aromatic rings. The first-order chi connectivity index (χ1) is 10.1. The zero-order valence-corrected chi connectivity index (χ0v) is 13.8. The van der Waals surface area contributed by atoms with Crippen LogP contribution in [0.4, 0.5) is 0 Å². The number of primary sulfonamides is 1. The lowest BCUT2D eigenvalue weighted by Gasteiger charge is -2.33. The molecule has 0 aliphatic heterocycles. The number of rotatable bonds is 5. The van der Waals surface area contributed by atoms with E-state index in [0.29, 0.717) is 0 Å². The van der Waals surface area contributed by atoms with Crippen LogP contribution in [-0.4, -0.2) is 28.9 Å². The summed E-state index contributed by atoms with van der Waals surface area (Å²) in [6, 6.07) is 4.95. The Kier molecular flexibility index (Phi) is 4.93. The zero-order chi connectivity index (χ0) is 16.4. The second-order valence-corrected chi connectivity index (χ2v) is 9.10. The summed E-state index contributed by atoms with van der Waals surface area (Å²) in [5.41, 5.74) is 5.66. The standard InChI is InChI=1S/C13H21N3O4S2/c14-13(7-2-1-3-8-13)10-16-22(19,20)12-6-4-5-11(9-12)21(15,17)18/h4-6,9,16H,1-3,7-8,10,14H2,(H2,15,17,18). The fraction of sp³-hybridized carbons (Fsp3) is 0.538. The third-order valence-electron chi connectivity index (χ3n) is 3.91. The molecule has 1 aliphatic rings. The number of nitrogens with two attached hydrogens (primary N) is 2. The van der Waals surface area contributed by atoms with Crippen molar-refractivity contribution in [3.05, 3.63) is 24.3 Å². The first-order valence-corrected chi connectivity index (χ1v) is 10.1. The molecular weight excluding hydrogens is 326 g/mol. The summed E-state index contributed by atoms with van der Waals surface area (Å²) < 4.78 is 49.7. The van der Waals surface area contributed by atoms with Gasteiger partial charge < -0.3 is 5.73 Å². The van der Waals surface area contributed by atoms with Crippen LogP contribution in [0.3, 0.4) is 0 Å². The number of hydrogen-bond donors (Lipinski definition) is 3. The zero-order valence-electron chi connectivity index (χ0n) is 12.2. The van der Waals surface area contributed by atoms with Crippen molar-refractivity contribution in [2.24, 2.45) is 10.9 Å². The molecule has 0 unspecified atom stereocenters. The molecule has 2 rings (SSSR count). The van der Waals surface area contributed by atoms with Crippen LogP contribution >= 0.6 is 0 Å². The van der Waals surface area contributed by atoms with Gasteiger partial charge in [0.25, 0.3) is 0 Å². The maximum Gasteiger partial charge on any atom is 0.240 e. The molecule has 0 atom stereocenters. The van der Waals surface area contributed by atoms with Gasteiger partial charge in [0, 0.05) is 12.1 Å². The van der Waals surface area contributed by atoms with Crippen molar-refractivity contribution in [2.45, 2.75) is 47.4 Å². The smallest absolute Gasteiger partial charge is 0.240 e. The Morgan fingerprint density at radius 1 is 1.05 bits per heavy atom. The molecule has 9 heteroatoms. The summed E-state index contributed by atoms with van der Waals surface area (Å²) in [7, 11) is -7.78. The van der Waals surface area contributed by atoms with Crippen LogP contribution in [0.1, 0.15) is 32.1 Å². The molecular formula is C13H21N3O4S2. The van der Waals surface area contributed by atoms with Gasteiger partial charge >= 0.3 is 0 Å². The molecule has 0 bridgehead atoms. The van der Waals surface area contributed by atoms with Crippen molar-refractivity contribution in [3.8, 4) is 0 Å². The van der Waals surface area contributed by atoms with E-state index in [1.165, 1.54) is 18.2 Å². The minimum atomic E-state index is -3.95. The molecule has 0 heterocycles. The summed E-state index contributed by atoms with van der Waals surface area (Å²) in [5, 5.41) is 5.02. The molecule has 22 heavy (non-hydrogen) atoms. The largest absolute Gasteiger partial charge is 0.324 e. The number of nitrogens with one attached hydrogen (secondary N) is 1. The van der Waals surface area contributed by atoms with Gasteiger partial charge in [-0.1, -0.05) is 25.3 Å². The molecule has 0 aromatic heterocycles. The maximum atomic E-state index is 12.3. The van der Waals surface area contributed by atoms with E-state index in [0.717, 1.165) is 38.2 Å². The summed E-state index contributed by atoms with van der Waals surface area (Å²) in [6.45, 7) is 0.134. The van der Waals surface area contributed by atoms with Crippen LogP contribution in [0.25, 0.3) is 0 Å². The predicted octanol–water partition coefficient (Wildman–Crippen LogP) is 0.274. The lowest BCUT2D eigenvalue weighted by atomic mass is 9.83. The molecule has 1 fully saturated rings. The fourth-order valence-corrected chi connectivity index (χ4v) is 4.39. The number of benzene rings is 1. The minimum Gasteiger partial charge on any atom is -0.324 e.